The van der Waals surface area contributed by atoms with Gasteiger partial charge >= 0.3 is 0 Å². The molecule has 1 aromatic heterocycles. The van der Waals surface area contributed by atoms with Crippen LogP contribution in [0.25, 0.3) is 0 Å². The molecule has 0 aliphatic heterocycles. The number of methoxy groups -OCH3 is 1. The monoisotopic (exact) mass is 279 g/mol. The van der Waals surface area contributed by atoms with Gasteiger partial charge in [0.05, 0.1) is 7.11 Å². The van der Waals surface area contributed by atoms with E-state index in [9.17, 15) is 4.39 Å². The summed E-state index contributed by atoms with van der Waals surface area (Å²) in [7, 11) is 1.60. The molecule has 0 spiro atoms. The van der Waals surface area contributed by atoms with Crippen LogP contribution in [0.15, 0.2) is 30.3 Å². The highest BCUT2D eigenvalue weighted by molar-refractivity contribution is 7.11. The molecule has 2 nitrogen and oxygen atoms in total. The molecule has 1 heterocycles. The first kappa shape index (κ1) is 14.0. The first-order valence-corrected chi connectivity index (χ1v) is 7.04. The summed E-state index contributed by atoms with van der Waals surface area (Å²) in [4.78, 5) is 2.58. The molecule has 1 atom stereocenters. The zero-order chi connectivity index (χ0) is 13.8. The number of ether oxygens (including phenoxy) is 1. The zero-order valence-corrected chi connectivity index (χ0v) is 12.2. The Balaban J connectivity index is 2.06. The van der Waals surface area contributed by atoms with Crippen LogP contribution < -0.4 is 10.1 Å². The molecule has 2 rings (SSSR count). The normalized spacial score (nSPS) is 12.4. The number of aryl methyl sites for hydroxylation is 1. The molecular weight excluding hydrogens is 261 g/mol. The highest BCUT2D eigenvalue weighted by atomic mass is 32.1. The molecule has 2 aromatic rings. The standard InChI is InChI=1S/C15H18FNOS/c1-10-4-6-13(19-10)9-17-11(2)14-8-12(16)5-7-15(14)18-3/h4-8,11,17H,9H2,1-3H3. The van der Waals surface area contributed by atoms with Crippen molar-refractivity contribution in [3.63, 3.8) is 0 Å². The summed E-state index contributed by atoms with van der Waals surface area (Å²) in [5.41, 5.74) is 0.843. The van der Waals surface area contributed by atoms with E-state index in [0.717, 1.165) is 12.1 Å². The number of nitrogens with one attached hydrogen (secondary N) is 1. The van der Waals surface area contributed by atoms with Crippen molar-refractivity contribution in [2.75, 3.05) is 7.11 Å². The molecule has 4 heteroatoms. The first-order valence-electron chi connectivity index (χ1n) is 6.22. The summed E-state index contributed by atoms with van der Waals surface area (Å²) in [6.45, 7) is 4.88. The fourth-order valence-electron chi connectivity index (χ4n) is 1.99. The maximum Gasteiger partial charge on any atom is 0.123 e. The van der Waals surface area contributed by atoms with Crippen LogP contribution >= 0.6 is 11.3 Å². The molecule has 0 aliphatic rings. The molecule has 0 fully saturated rings. The van der Waals surface area contributed by atoms with Crippen LogP contribution in [0, 0.1) is 12.7 Å². The van der Waals surface area contributed by atoms with Crippen molar-refractivity contribution in [1.29, 1.82) is 0 Å². The van der Waals surface area contributed by atoms with E-state index in [1.165, 1.54) is 21.9 Å². The highest BCUT2D eigenvalue weighted by Gasteiger charge is 2.12. The fourth-order valence-corrected chi connectivity index (χ4v) is 2.83. The largest absolute Gasteiger partial charge is 0.496 e. The molecule has 0 bridgehead atoms. The molecule has 1 aromatic carbocycles. The van der Waals surface area contributed by atoms with Crippen molar-refractivity contribution in [1.82, 2.24) is 5.32 Å². The van der Waals surface area contributed by atoms with Crippen LogP contribution in [0.4, 0.5) is 4.39 Å². The summed E-state index contributed by atoms with van der Waals surface area (Å²) < 4.78 is 18.6. The second kappa shape index (κ2) is 6.17. The van der Waals surface area contributed by atoms with Crippen LogP contribution in [0.3, 0.4) is 0 Å². The molecule has 1 N–H and O–H groups in total. The van der Waals surface area contributed by atoms with Crippen molar-refractivity contribution < 1.29 is 9.13 Å². The van der Waals surface area contributed by atoms with Crippen molar-refractivity contribution in [3.8, 4) is 5.75 Å². The van der Waals surface area contributed by atoms with Gasteiger partial charge in [-0.05, 0) is 44.2 Å². The van der Waals surface area contributed by atoms with E-state index >= 15 is 0 Å². The lowest BCUT2D eigenvalue weighted by Gasteiger charge is -2.17. The van der Waals surface area contributed by atoms with Gasteiger partial charge in [-0.25, -0.2) is 4.39 Å². The van der Waals surface area contributed by atoms with E-state index in [-0.39, 0.29) is 11.9 Å². The summed E-state index contributed by atoms with van der Waals surface area (Å²) in [5.74, 6) is 0.472. The first-order chi connectivity index (χ1) is 9.10. The maximum atomic E-state index is 13.3. The number of hydrogen-bond acceptors (Lipinski definition) is 3. The summed E-state index contributed by atoms with van der Waals surface area (Å²) >= 11 is 1.77. The Morgan fingerprint density at radius 2 is 2.11 bits per heavy atom. The number of hydrogen-bond donors (Lipinski definition) is 1. The van der Waals surface area contributed by atoms with Crippen molar-refractivity contribution in [2.45, 2.75) is 26.4 Å². The number of benzene rings is 1. The average Bonchev–Trinajstić information content (AvgIpc) is 2.81. The Morgan fingerprint density at radius 3 is 2.74 bits per heavy atom. The minimum Gasteiger partial charge on any atom is -0.496 e. The predicted octanol–water partition coefficient (Wildman–Crippen LogP) is 4.06. The summed E-state index contributed by atoms with van der Waals surface area (Å²) in [5, 5.41) is 3.39. The Kier molecular flexibility index (Phi) is 4.56. The van der Waals surface area contributed by atoms with Crippen LogP contribution in [-0.4, -0.2) is 7.11 Å². The van der Waals surface area contributed by atoms with Crippen molar-refractivity contribution in [2.24, 2.45) is 0 Å². The summed E-state index contributed by atoms with van der Waals surface area (Å²) in [6, 6.07) is 8.86. The zero-order valence-electron chi connectivity index (χ0n) is 11.4. The van der Waals surface area contributed by atoms with Crippen LogP contribution in [-0.2, 0) is 6.54 Å². The van der Waals surface area contributed by atoms with Crippen molar-refractivity contribution in [3.05, 3.63) is 51.5 Å². The molecular formula is C15H18FNOS. The molecule has 0 saturated carbocycles. The molecule has 0 saturated heterocycles. The highest BCUT2D eigenvalue weighted by Crippen LogP contribution is 2.26. The number of rotatable bonds is 5. The molecule has 1 unspecified atom stereocenters. The molecule has 0 radical (unpaired) electrons. The van der Waals surface area contributed by atoms with E-state index in [2.05, 4.69) is 24.4 Å². The Hall–Kier alpha value is -1.39. The Bertz CT molecular complexity index is 553. The van der Waals surface area contributed by atoms with Crippen LogP contribution in [0.5, 0.6) is 5.75 Å². The van der Waals surface area contributed by atoms with Gasteiger partial charge in [0.2, 0.25) is 0 Å². The van der Waals surface area contributed by atoms with Crippen LogP contribution in [0.2, 0.25) is 0 Å². The van der Waals surface area contributed by atoms with E-state index in [1.54, 1.807) is 24.5 Å². The SMILES string of the molecule is COc1ccc(F)cc1C(C)NCc1ccc(C)s1. The van der Waals surface area contributed by atoms with Gasteiger partial charge in [-0.2, -0.15) is 0 Å². The third-order valence-corrected chi connectivity index (χ3v) is 4.04. The lowest BCUT2D eigenvalue weighted by molar-refractivity contribution is 0.400. The topological polar surface area (TPSA) is 21.3 Å². The summed E-state index contributed by atoms with van der Waals surface area (Å²) in [6.07, 6.45) is 0. The minimum atomic E-state index is -0.239. The molecule has 19 heavy (non-hydrogen) atoms. The average molecular weight is 279 g/mol. The number of halogens is 1. The van der Waals surface area contributed by atoms with Gasteiger partial charge in [0.25, 0.3) is 0 Å². The second-order valence-corrected chi connectivity index (χ2v) is 5.87. The number of thiophene rings is 1. The van der Waals surface area contributed by atoms with Gasteiger partial charge in [-0.3, -0.25) is 0 Å². The third-order valence-electron chi connectivity index (χ3n) is 3.04. The predicted molar refractivity (Wildman–Crippen MR) is 77.3 cm³/mol. The van der Waals surface area contributed by atoms with Gasteiger partial charge in [0.15, 0.2) is 0 Å². The minimum absolute atomic E-state index is 0.0352. The smallest absolute Gasteiger partial charge is 0.123 e. The lowest BCUT2D eigenvalue weighted by atomic mass is 10.1. The molecule has 102 valence electrons. The van der Waals surface area contributed by atoms with Crippen LogP contribution in [0.1, 0.15) is 28.3 Å². The van der Waals surface area contributed by atoms with Gasteiger partial charge < -0.3 is 10.1 Å². The quantitative estimate of drug-likeness (QED) is 0.891. The van der Waals surface area contributed by atoms with Gasteiger partial charge in [0.1, 0.15) is 11.6 Å². The van der Waals surface area contributed by atoms with E-state index in [4.69, 9.17) is 4.74 Å². The van der Waals surface area contributed by atoms with Crippen molar-refractivity contribution >= 4 is 11.3 Å². The molecule has 0 amide bonds. The van der Waals surface area contributed by atoms with E-state index in [0.29, 0.717) is 5.75 Å². The van der Waals surface area contributed by atoms with Gasteiger partial charge in [-0.1, -0.05) is 0 Å². The van der Waals surface area contributed by atoms with Gasteiger partial charge in [0, 0.05) is 27.9 Å². The Morgan fingerprint density at radius 1 is 1.32 bits per heavy atom. The second-order valence-electron chi connectivity index (χ2n) is 4.50. The lowest BCUT2D eigenvalue weighted by Crippen LogP contribution is -2.18. The van der Waals surface area contributed by atoms with Gasteiger partial charge in [-0.15, -0.1) is 11.3 Å². The third kappa shape index (κ3) is 3.55. The maximum absolute atomic E-state index is 13.3. The van der Waals surface area contributed by atoms with E-state index < -0.39 is 0 Å². The van der Waals surface area contributed by atoms with E-state index in [1.807, 2.05) is 6.92 Å². The fraction of sp³-hybridized carbons (Fsp3) is 0.333. The molecule has 0 aliphatic carbocycles. The Labute approximate surface area is 117 Å².